The maximum Gasteiger partial charge on any atom is 0.251 e. The summed E-state index contributed by atoms with van der Waals surface area (Å²) in [5.41, 5.74) is 3.98. The Morgan fingerprint density at radius 3 is 2.53 bits per heavy atom. The number of hydrogen-bond donors (Lipinski definition) is 1. The van der Waals surface area contributed by atoms with Crippen molar-refractivity contribution in [2.45, 2.75) is 64.0 Å². The van der Waals surface area contributed by atoms with Gasteiger partial charge in [-0.15, -0.1) is 0 Å². The summed E-state index contributed by atoms with van der Waals surface area (Å²) < 4.78 is 28.2. The molecule has 1 spiro atoms. The molecule has 5 nitrogen and oxygen atoms in total. The second kappa shape index (κ2) is 9.80. The number of nitrogens with zero attached hydrogens (tertiary/aromatic N) is 2. The molecule has 1 atom stereocenters. The van der Waals surface area contributed by atoms with Crippen LogP contribution in [-0.4, -0.2) is 22.2 Å². The van der Waals surface area contributed by atoms with Crippen molar-refractivity contribution in [3.05, 3.63) is 88.7 Å². The molecule has 1 N–H and O–H groups in total. The van der Waals surface area contributed by atoms with Crippen molar-refractivity contribution in [2.24, 2.45) is 5.16 Å². The van der Waals surface area contributed by atoms with E-state index in [1.807, 2.05) is 19.1 Å². The number of benzene rings is 2. The minimum Gasteiger partial charge on any atom is -0.389 e. The van der Waals surface area contributed by atoms with Gasteiger partial charge in [0.05, 0.1) is 23.6 Å². The molecule has 2 heterocycles. The van der Waals surface area contributed by atoms with Crippen LogP contribution in [0.15, 0.2) is 59.9 Å². The number of nitrogens with one attached hydrogen (secondary N) is 1. The van der Waals surface area contributed by atoms with E-state index in [0.717, 1.165) is 48.7 Å². The summed E-state index contributed by atoms with van der Waals surface area (Å²) in [6, 6.07) is 12.8. The van der Waals surface area contributed by atoms with Crippen LogP contribution in [0.5, 0.6) is 0 Å². The molecular formula is C29H29F2N3O2. The number of aromatic nitrogens is 1. The van der Waals surface area contributed by atoms with E-state index in [1.165, 1.54) is 24.6 Å². The third-order valence-electron chi connectivity index (χ3n) is 7.11. The Labute approximate surface area is 209 Å². The van der Waals surface area contributed by atoms with E-state index in [4.69, 9.17) is 4.84 Å². The highest BCUT2D eigenvalue weighted by molar-refractivity contribution is 6.05. The predicted molar refractivity (Wildman–Crippen MR) is 135 cm³/mol. The lowest BCUT2D eigenvalue weighted by molar-refractivity contribution is -0.0449. The summed E-state index contributed by atoms with van der Waals surface area (Å²) in [6.07, 6.45) is 7.14. The number of hydrogen-bond acceptors (Lipinski definition) is 4. The molecule has 0 saturated heterocycles. The van der Waals surface area contributed by atoms with Crippen molar-refractivity contribution < 1.29 is 18.4 Å². The highest BCUT2D eigenvalue weighted by Gasteiger charge is 2.40. The molecule has 3 aromatic rings. The van der Waals surface area contributed by atoms with Crippen molar-refractivity contribution in [2.75, 3.05) is 0 Å². The zero-order valence-electron chi connectivity index (χ0n) is 20.5. The average molecular weight is 490 g/mol. The monoisotopic (exact) mass is 489 g/mol. The molecule has 0 bridgehead atoms. The number of halogens is 2. The lowest BCUT2D eigenvalue weighted by Crippen LogP contribution is -2.31. The summed E-state index contributed by atoms with van der Waals surface area (Å²) in [5.74, 6) is -1.13. The first-order valence-corrected chi connectivity index (χ1v) is 12.4. The van der Waals surface area contributed by atoms with Gasteiger partial charge in [0.15, 0.2) is 0 Å². The zero-order valence-corrected chi connectivity index (χ0v) is 20.5. The molecular weight excluding hydrogens is 460 g/mol. The lowest BCUT2D eigenvalue weighted by atomic mass is 9.80. The topological polar surface area (TPSA) is 63.6 Å². The number of oxime groups is 1. The number of rotatable bonds is 5. The van der Waals surface area contributed by atoms with Gasteiger partial charge >= 0.3 is 0 Å². The molecule has 0 radical (unpaired) electrons. The third kappa shape index (κ3) is 5.01. The minimum atomic E-state index is -0.445. The van der Waals surface area contributed by atoms with E-state index in [2.05, 4.69) is 15.5 Å². The van der Waals surface area contributed by atoms with Crippen LogP contribution in [0.3, 0.4) is 0 Å². The maximum atomic E-state index is 14.9. The van der Waals surface area contributed by atoms with Crippen LogP contribution in [0, 0.1) is 18.6 Å². The van der Waals surface area contributed by atoms with Crippen molar-refractivity contribution in [3.63, 3.8) is 0 Å². The minimum absolute atomic E-state index is 0.274. The Kier molecular flexibility index (Phi) is 6.56. The molecule has 1 saturated carbocycles. The van der Waals surface area contributed by atoms with E-state index >= 15 is 0 Å². The maximum absolute atomic E-state index is 14.9. The summed E-state index contributed by atoms with van der Waals surface area (Å²) in [7, 11) is 0. The number of pyridine rings is 1. The fourth-order valence-electron chi connectivity index (χ4n) is 5.07. The molecule has 1 aromatic heterocycles. The van der Waals surface area contributed by atoms with Crippen molar-refractivity contribution in [1.29, 1.82) is 0 Å². The van der Waals surface area contributed by atoms with Crippen LogP contribution in [0.2, 0.25) is 0 Å². The highest BCUT2D eigenvalue weighted by atomic mass is 19.1. The Morgan fingerprint density at radius 1 is 1.03 bits per heavy atom. The first kappa shape index (κ1) is 24.1. The largest absolute Gasteiger partial charge is 0.389 e. The number of carbonyl (C=O) groups excluding carboxylic acids is 1. The van der Waals surface area contributed by atoms with Gasteiger partial charge in [-0.05, 0) is 87.1 Å². The quantitative estimate of drug-likeness (QED) is 0.436. The zero-order chi connectivity index (χ0) is 25.3. The van der Waals surface area contributed by atoms with Crippen molar-refractivity contribution >= 4 is 11.6 Å². The molecule has 2 aliphatic rings. The van der Waals surface area contributed by atoms with Gasteiger partial charge in [-0.1, -0.05) is 23.7 Å². The molecule has 36 heavy (non-hydrogen) atoms. The molecule has 1 fully saturated rings. The fraction of sp³-hybridized carbons (Fsp3) is 0.345. The van der Waals surface area contributed by atoms with Crippen LogP contribution in [0.4, 0.5) is 8.78 Å². The summed E-state index contributed by atoms with van der Waals surface area (Å²) >= 11 is 0. The number of carbonyl (C=O) groups is 1. The Hall–Kier alpha value is -3.61. The van der Waals surface area contributed by atoms with E-state index in [0.29, 0.717) is 28.8 Å². The Morgan fingerprint density at radius 2 is 1.81 bits per heavy atom. The Bertz CT molecular complexity index is 1310. The summed E-state index contributed by atoms with van der Waals surface area (Å²) in [4.78, 5) is 23.3. The second-order valence-corrected chi connectivity index (χ2v) is 9.93. The molecule has 1 aliphatic heterocycles. The van der Waals surface area contributed by atoms with Gasteiger partial charge < -0.3 is 10.2 Å². The van der Waals surface area contributed by atoms with Crippen LogP contribution < -0.4 is 5.32 Å². The predicted octanol–water partition coefficient (Wildman–Crippen LogP) is 6.65. The van der Waals surface area contributed by atoms with Gasteiger partial charge in [-0.2, -0.15) is 0 Å². The van der Waals surface area contributed by atoms with Gasteiger partial charge in [-0.25, -0.2) is 8.78 Å². The van der Waals surface area contributed by atoms with Gasteiger partial charge in [0.1, 0.15) is 17.2 Å². The third-order valence-corrected chi connectivity index (χ3v) is 7.11. The first-order valence-electron chi connectivity index (χ1n) is 12.4. The van der Waals surface area contributed by atoms with Crippen LogP contribution in [0.25, 0.3) is 11.1 Å². The normalized spacial score (nSPS) is 17.4. The molecule has 186 valence electrons. The van der Waals surface area contributed by atoms with Crippen LogP contribution in [-0.2, 0) is 4.84 Å². The summed E-state index contributed by atoms with van der Waals surface area (Å²) in [6.45, 7) is 3.62. The number of amides is 1. The van der Waals surface area contributed by atoms with Gasteiger partial charge in [0.2, 0.25) is 0 Å². The number of aryl methyl sites for hydroxylation is 1. The van der Waals surface area contributed by atoms with Crippen LogP contribution in [0.1, 0.15) is 78.7 Å². The Balaban J connectivity index is 1.48. The summed E-state index contributed by atoms with van der Waals surface area (Å²) in [5, 5.41) is 7.34. The molecule has 1 aliphatic carbocycles. The first-order chi connectivity index (χ1) is 17.3. The lowest BCUT2D eigenvalue weighted by Gasteiger charge is -2.30. The molecule has 7 heteroatoms. The molecule has 1 amide bonds. The highest BCUT2D eigenvalue weighted by Crippen LogP contribution is 2.40. The van der Waals surface area contributed by atoms with Gasteiger partial charge in [0.25, 0.3) is 5.91 Å². The SMILES string of the molecule is Cc1ccc(-c2cc(C(=O)NC(C)c3ccc(F)cn3)cc(C3=NOC4(CCCCC4)C3)c2)c(F)c1. The van der Waals surface area contributed by atoms with Crippen molar-refractivity contribution in [1.82, 2.24) is 10.3 Å². The van der Waals surface area contributed by atoms with Crippen molar-refractivity contribution in [3.8, 4) is 11.1 Å². The average Bonchev–Trinajstić information content (AvgIpc) is 3.27. The van der Waals surface area contributed by atoms with E-state index in [1.54, 1.807) is 25.1 Å². The van der Waals surface area contributed by atoms with Gasteiger partial charge in [-0.3, -0.25) is 9.78 Å². The van der Waals surface area contributed by atoms with E-state index in [-0.39, 0.29) is 17.3 Å². The van der Waals surface area contributed by atoms with Crippen LogP contribution >= 0.6 is 0 Å². The van der Waals surface area contributed by atoms with E-state index < -0.39 is 11.9 Å². The second-order valence-electron chi connectivity index (χ2n) is 9.93. The smallest absolute Gasteiger partial charge is 0.251 e. The van der Waals surface area contributed by atoms with Gasteiger partial charge in [0, 0.05) is 23.1 Å². The van der Waals surface area contributed by atoms with E-state index in [9.17, 15) is 13.6 Å². The molecule has 5 rings (SSSR count). The molecule has 1 unspecified atom stereocenters. The molecule has 2 aromatic carbocycles. The fourth-order valence-corrected chi connectivity index (χ4v) is 5.07. The standard InChI is InChI=1S/C29H29F2N3O2/c1-18-6-8-24(25(31)12-18)20-13-21(27-16-29(36-34-27)10-4-3-5-11-29)15-22(14-20)28(35)33-19(2)26-9-7-23(30)17-32-26/h6-9,12-15,17,19H,3-5,10-11,16H2,1-2H3,(H,33,35).